The number of aryl methyl sites for hydroxylation is 2. The smallest absolute Gasteiger partial charge is 0.292 e. The second-order valence-electron chi connectivity index (χ2n) is 6.57. The molecule has 1 heterocycles. The molecule has 0 aromatic heterocycles. The average Bonchev–Trinajstić information content (AvgIpc) is 2.64. The molecule has 0 aliphatic carbocycles. The van der Waals surface area contributed by atoms with Crippen molar-refractivity contribution in [3.63, 3.8) is 0 Å². The van der Waals surface area contributed by atoms with Crippen LogP contribution in [-0.4, -0.2) is 39.5 Å². The lowest BCUT2D eigenvalue weighted by molar-refractivity contribution is -0.384. The van der Waals surface area contributed by atoms with Crippen LogP contribution in [0.1, 0.15) is 11.1 Å². The molecule has 2 N–H and O–H groups in total. The van der Waals surface area contributed by atoms with Gasteiger partial charge in [-0.15, -0.1) is 0 Å². The van der Waals surface area contributed by atoms with E-state index < -0.39 is 14.9 Å². The molecule has 0 unspecified atom stereocenters. The van der Waals surface area contributed by atoms with E-state index in [1.807, 2.05) is 11.8 Å². The molecule has 9 heteroatoms. The standard InChI is InChI=1S/C18H22N4O4S/c1-13-3-5-15(6-4-13)27(25,26)20-16-12-17(21-9-7-19-8-10-21)18(22(23)24)11-14(16)2/h3-6,11-12,19-20H,7-10H2,1-2H3. The molecule has 0 radical (unpaired) electrons. The van der Waals surface area contributed by atoms with Crippen molar-refractivity contribution in [2.75, 3.05) is 35.8 Å². The van der Waals surface area contributed by atoms with Gasteiger partial charge in [-0.25, -0.2) is 8.42 Å². The molecule has 8 nitrogen and oxygen atoms in total. The van der Waals surface area contributed by atoms with Crippen LogP contribution in [-0.2, 0) is 10.0 Å². The van der Waals surface area contributed by atoms with E-state index in [4.69, 9.17) is 0 Å². The molecule has 1 aliphatic rings. The summed E-state index contributed by atoms with van der Waals surface area (Å²) in [6, 6.07) is 9.51. The van der Waals surface area contributed by atoms with E-state index in [0.717, 1.165) is 18.7 Å². The lowest BCUT2D eigenvalue weighted by Crippen LogP contribution is -2.43. The van der Waals surface area contributed by atoms with Gasteiger partial charge in [0.15, 0.2) is 0 Å². The molecule has 1 fully saturated rings. The monoisotopic (exact) mass is 390 g/mol. The highest BCUT2D eigenvalue weighted by Gasteiger charge is 2.24. The van der Waals surface area contributed by atoms with Crippen molar-refractivity contribution in [1.82, 2.24) is 5.32 Å². The lowest BCUT2D eigenvalue weighted by Gasteiger charge is -2.29. The zero-order valence-electron chi connectivity index (χ0n) is 15.2. The van der Waals surface area contributed by atoms with Crippen LogP contribution in [0.15, 0.2) is 41.3 Å². The predicted octanol–water partition coefficient (Wildman–Crippen LogP) is 2.42. The molecule has 0 atom stereocenters. The molecule has 144 valence electrons. The molecule has 3 rings (SSSR count). The Kier molecular flexibility index (Phi) is 5.33. The summed E-state index contributed by atoms with van der Waals surface area (Å²) < 4.78 is 28.0. The fourth-order valence-corrected chi connectivity index (χ4v) is 4.14. The van der Waals surface area contributed by atoms with Crippen LogP contribution in [0, 0.1) is 24.0 Å². The topological polar surface area (TPSA) is 105 Å². The van der Waals surface area contributed by atoms with E-state index in [9.17, 15) is 18.5 Å². The first-order chi connectivity index (χ1) is 12.8. The molecule has 27 heavy (non-hydrogen) atoms. The second kappa shape index (κ2) is 7.53. The van der Waals surface area contributed by atoms with Crippen molar-refractivity contribution >= 4 is 27.1 Å². The van der Waals surface area contributed by atoms with Crippen LogP contribution >= 0.6 is 0 Å². The Morgan fingerprint density at radius 3 is 2.33 bits per heavy atom. The Morgan fingerprint density at radius 1 is 1.11 bits per heavy atom. The highest BCUT2D eigenvalue weighted by molar-refractivity contribution is 7.92. The Labute approximate surface area is 158 Å². The highest BCUT2D eigenvalue weighted by Crippen LogP contribution is 2.35. The number of nitrogens with zero attached hydrogens (tertiary/aromatic N) is 2. The van der Waals surface area contributed by atoms with Gasteiger partial charge in [-0.1, -0.05) is 17.7 Å². The summed E-state index contributed by atoms with van der Waals surface area (Å²) in [7, 11) is -3.78. The van der Waals surface area contributed by atoms with Gasteiger partial charge in [-0.3, -0.25) is 14.8 Å². The summed E-state index contributed by atoms with van der Waals surface area (Å²) in [4.78, 5) is 13.1. The molecule has 0 spiro atoms. The third-order valence-electron chi connectivity index (χ3n) is 4.55. The van der Waals surface area contributed by atoms with Crippen LogP contribution in [0.5, 0.6) is 0 Å². The zero-order chi connectivity index (χ0) is 19.6. The number of hydrogen-bond donors (Lipinski definition) is 2. The third-order valence-corrected chi connectivity index (χ3v) is 5.93. The van der Waals surface area contributed by atoms with Crippen molar-refractivity contribution in [1.29, 1.82) is 0 Å². The lowest BCUT2D eigenvalue weighted by atomic mass is 10.1. The zero-order valence-corrected chi connectivity index (χ0v) is 16.0. The van der Waals surface area contributed by atoms with Crippen molar-refractivity contribution in [3.8, 4) is 0 Å². The summed E-state index contributed by atoms with van der Waals surface area (Å²) in [5, 5.41) is 14.7. The second-order valence-corrected chi connectivity index (χ2v) is 8.25. The van der Waals surface area contributed by atoms with Gasteiger partial charge in [0, 0.05) is 32.2 Å². The van der Waals surface area contributed by atoms with E-state index in [1.165, 1.54) is 18.2 Å². The van der Waals surface area contributed by atoms with Gasteiger partial charge in [-0.05, 0) is 37.6 Å². The molecular weight excluding hydrogens is 368 g/mol. The Morgan fingerprint density at radius 2 is 1.74 bits per heavy atom. The normalized spacial score (nSPS) is 14.8. The van der Waals surface area contributed by atoms with Crippen LogP contribution in [0.25, 0.3) is 0 Å². The van der Waals surface area contributed by atoms with Crippen molar-refractivity contribution in [2.24, 2.45) is 0 Å². The van der Waals surface area contributed by atoms with E-state index in [1.54, 1.807) is 25.1 Å². The molecular formula is C18H22N4O4S. The summed E-state index contributed by atoms with van der Waals surface area (Å²) >= 11 is 0. The van der Waals surface area contributed by atoms with Crippen molar-refractivity contribution in [3.05, 3.63) is 57.6 Å². The van der Waals surface area contributed by atoms with E-state index in [2.05, 4.69) is 10.0 Å². The molecule has 2 aromatic rings. The first-order valence-corrected chi connectivity index (χ1v) is 10.1. The third kappa shape index (κ3) is 4.20. The van der Waals surface area contributed by atoms with Gasteiger partial charge in [-0.2, -0.15) is 0 Å². The number of rotatable bonds is 5. The first kappa shape index (κ1) is 19.1. The number of nitro groups is 1. The van der Waals surface area contributed by atoms with Crippen LogP contribution in [0.4, 0.5) is 17.1 Å². The minimum absolute atomic E-state index is 0.0207. The fraction of sp³-hybridized carbons (Fsp3) is 0.333. The molecule has 1 aliphatic heterocycles. The number of nitro benzene ring substituents is 1. The van der Waals surface area contributed by atoms with Crippen molar-refractivity contribution in [2.45, 2.75) is 18.7 Å². The van der Waals surface area contributed by atoms with Gasteiger partial charge < -0.3 is 10.2 Å². The Hall–Kier alpha value is -2.65. The molecule has 0 amide bonds. The van der Waals surface area contributed by atoms with E-state index in [-0.39, 0.29) is 10.6 Å². The highest BCUT2D eigenvalue weighted by atomic mass is 32.2. The number of sulfonamides is 1. The van der Waals surface area contributed by atoms with Gasteiger partial charge in [0.05, 0.1) is 15.5 Å². The van der Waals surface area contributed by atoms with Crippen molar-refractivity contribution < 1.29 is 13.3 Å². The summed E-state index contributed by atoms with van der Waals surface area (Å²) in [5.41, 5.74) is 2.20. The minimum atomic E-state index is -3.78. The van der Waals surface area contributed by atoms with Gasteiger partial charge >= 0.3 is 0 Å². The minimum Gasteiger partial charge on any atom is -0.363 e. The first-order valence-electron chi connectivity index (χ1n) is 8.62. The maximum Gasteiger partial charge on any atom is 0.292 e. The number of anilines is 2. The maximum absolute atomic E-state index is 12.7. The summed E-state index contributed by atoms with van der Waals surface area (Å²) in [6.45, 7) is 6.21. The quantitative estimate of drug-likeness (QED) is 0.600. The van der Waals surface area contributed by atoms with Gasteiger partial charge in [0.2, 0.25) is 0 Å². The van der Waals surface area contributed by atoms with Gasteiger partial charge in [0.1, 0.15) is 5.69 Å². The summed E-state index contributed by atoms with van der Waals surface area (Å²) in [6.07, 6.45) is 0. The number of benzene rings is 2. The van der Waals surface area contributed by atoms with Crippen LogP contribution in [0.3, 0.4) is 0 Å². The van der Waals surface area contributed by atoms with Crippen LogP contribution < -0.4 is 14.9 Å². The number of nitrogens with one attached hydrogen (secondary N) is 2. The van der Waals surface area contributed by atoms with E-state index >= 15 is 0 Å². The predicted molar refractivity (Wildman–Crippen MR) is 105 cm³/mol. The maximum atomic E-state index is 12.7. The largest absolute Gasteiger partial charge is 0.363 e. The van der Waals surface area contributed by atoms with E-state index in [0.29, 0.717) is 30.0 Å². The Bertz CT molecular complexity index is 952. The number of piperazine rings is 1. The summed E-state index contributed by atoms with van der Waals surface area (Å²) in [5.74, 6) is 0. The molecule has 0 bridgehead atoms. The number of hydrogen-bond acceptors (Lipinski definition) is 6. The SMILES string of the molecule is Cc1ccc(S(=O)(=O)Nc2cc(N3CCNCC3)c([N+](=O)[O-])cc2C)cc1. The Balaban J connectivity index is 1.99. The average molecular weight is 390 g/mol. The molecule has 0 saturated carbocycles. The van der Waals surface area contributed by atoms with Gasteiger partial charge in [0.25, 0.3) is 15.7 Å². The molecule has 2 aromatic carbocycles. The van der Waals surface area contributed by atoms with Crippen LogP contribution in [0.2, 0.25) is 0 Å². The molecule has 1 saturated heterocycles. The fourth-order valence-electron chi connectivity index (χ4n) is 3.02.